The van der Waals surface area contributed by atoms with Crippen LogP contribution in [-0.4, -0.2) is 41.6 Å². The van der Waals surface area contributed by atoms with E-state index in [1.54, 1.807) is 0 Å². The van der Waals surface area contributed by atoms with E-state index in [1.165, 1.54) is 50.3 Å². The van der Waals surface area contributed by atoms with Gasteiger partial charge in [0, 0.05) is 17.8 Å². The minimum Gasteiger partial charge on any atom is -0.329 e. The van der Waals surface area contributed by atoms with Crippen LogP contribution in [0, 0.1) is 11.3 Å². The number of thioether (sulfide) groups is 1. The van der Waals surface area contributed by atoms with E-state index >= 15 is 0 Å². The van der Waals surface area contributed by atoms with Crippen LogP contribution < -0.4 is 5.73 Å². The van der Waals surface area contributed by atoms with Crippen molar-refractivity contribution in [1.82, 2.24) is 4.90 Å². The molecule has 0 aromatic carbocycles. The van der Waals surface area contributed by atoms with Crippen LogP contribution in [0.1, 0.15) is 46.5 Å². The Kier molecular flexibility index (Phi) is 4.66. The van der Waals surface area contributed by atoms with Crippen molar-refractivity contribution in [3.05, 3.63) is 0 Å². The summed E-state index contributed by atoms with van der Waals surface area (Å²) < 4.78 is 0. The highest BCUT2D eigenvalue weighted by Gasteiger charge is 2.44. The largest absolute Gasteiger partial charge is 0.329 e. The fraction of sp³-hybridized carbons (Fsp3) is 1.00. The third-order valence-corrected chi connectivity index (χ3v) is 6.64. The summed E-state index contributed by atoms with van der Waals surface area (Å²) in [4.78, 5) is 2.73. The average molecular weight is 270 g/mol. The van der Waals surface area contributed by atoms with Gasteiger partial charge in [-0.3, -0.25) is 4.90 Å². The molecule has 2 aliphatic rings. The molecule has 3 heteroatoms. The summed E-state index contributed by atoms with van der Waals surface area (Å²) >= 11 is 2.11. The van der Waals surface area contributed by atoms with E-state index in [4.69, 9.17) is 5.73 Å². The Hall–Kier alpha value is 0.270. The van der Waals surface area contributed by atoms with E-state index in [9.17, 15) is 0 Å². The van der Waals surface area contributed by atoms with E-state index < -0.39 is 0 Å². The summed E-state index contributed by atoms with van der Waals surface area (Å²) in [5.41, 5.74) is 6.93. The van der Waals surface area contributed by atoms with Crippen LogP contribution in [0.25, 0.3) is 0 Å². The molecule has 0 spiro atoms. The Morgan fingerprint density at radius 3 is 2.39 bits per heavy atom. The third-order valence-electron chi connectivity index (χ3n) is 4.91. The molecule has 2 heterocycles. The average Bonchev–Trinajstić information content (AvgIpc) is 2.37. The van der Waals surface area contributed by atoms with E-state index in [2.05, 4.69) is 37.4 Å². The Morgan fingerprint density at radius 2 is 1.89 bits per heavy atom. The Balaban J connectivity index is 2.04. The number of rotatable bonds is 3. The highest BCUT2D eigenvalue weighted by molar-refractivity contribution is 7.99. The van der Waals surface area contributed by atoms with Crippen molar-refractivity contribution in [1.29, 1.82) is 0 Å². The molecule has 2 saturated heterocycles. The molecule has 0 aromatic rings. The second kappa shape index (κ2) is 5.72. The van der Waals surface area contributed by atoms with Crippen molar-refractivity contribution >= 4 is 11.8 Å². The third kappa shape index (κ3) is 3.05. The summed E-state index contributed by atoms with van der Waals surface area (Å²) in [6.07, 6.45) is 5.39. The molecular weight excluding hydrogens is 240 g/mol. The number of hydrogen-bond acceptors (Lipinski definition) is 3. The molecule has 2 rings (SSSR count). The van der Waals surface area contributed by atoms with E-state index in [0.29, 0.717) is 5.41 Å². The van der Waals surface area contributed by atoms with Crippen molar-refractivity contribution in [3.63, 3.8) is 0 Å². The van der Waals surface area contributed by atoms with Crippen LogP contribution in [0.3, 0.4) is 0 Å². The predicted octanol–water partition coefficient (Wildman–Crippen LogP) is 2.97. The van der Waals surface area contributed by atoms with Crippen molar-refractivity contribution in [2.24, 2.45) is 17.1 Å². The minimum absolute atomic E-state index is 0.283. The molecule has 0 radical (unpaired) electrons. The van der Waals surface area contributed by atoms with Gasteiger partial charge in [-0.05, 0) is 49.4 Å². The number of nitrogens with zero attached hydrogens (tertiary/aromatic N) is 1. The fourth-order valence-corrected chi connectivity index (χ4v) is 5.33. The maximum absolute atomic E-state index is 6.20. The van der Waals surface area contributed by atoms with Gasteiger partial charge in [-0.2, -0.15) is 11.8 Å². The zero-order chi connectivity index (χ0) is 13.2. The number of nitrogens with two attached hydrogens (primary N) is 1. The zero-order valence-electron chi connectivity index (χ0n) is 12.4. The first-order valence-corrected chi connectivity index (χ1v) is 8.70. The molecule has 106 valence electrons. The van der Waals surface area contributed by atoms with Gasteiger partial charge in [0.15, 0.2) is 0 Å². The molecular formula is C15H30N2S. The summed E-state index contributed by atoms with van der Waals surface area (Å²) in [7, 11) is 0. The summed E-state index contributed by atoms with van der Waals surface area (Å²) in [5, 5.41) is 0. The van der Waals surface area contributed by atoms with Crippen LogP contribution >= 0.6 is 11.8 Å². The lowest BCUT2D eigenvalue weighted by molar-refractivity contribution is 0.0370. The molecule has 1 unspecified atom stereocenters. The molecule has 0 bridgehead atoms. The normalized spacial score (nSPS) is 34.7. The first-order chi connectivity index (χ1) is 8.51. The molecule has 2 N–H and O–H groups in total. The number of hydrogen-bond donors (Lipinski definition) is 1. The zero-order valence-corrected chi connectivity index (χ0v) is 13.2. The summed E-state index contributed by atoms with van der Waals surface area (Å²) in [5.74, 6) is 3.49. The highest BCUT2D eigenvalue weighted by Crippen LogP contribution is 2.43. The minimum atomic E-state index is 0.283. The lowest BCUT2D eigenvalue weighted by atomic mass is 9.77. The smallest absolute Gasteiger partial charge is 0.0427 e. The van der Waals surface area contributed by atoms with Gasteiger partial charge < -0.3 is 5.73 Å². The van der Waals surface area contributed by atoms with Crippen LogP contribution in [0.2, 0.25) is 0 Å². The molecule has 2 fully saturated rings. The van der Waals surface area contributed by atoms with Gasteiger partial charge in [0.1, 0.15) is 0 Å². The van der Waals surface area contributed by atoms with Gasteiger partial charge in [0.05, 0.1) is 0 Å². The standard InChI is InChI=1S/C15H30N2S/c1-4-13-5-7-17(8-6-13)15(10-16)9-14(2,3)11-18-12-15/h13H,4-12,16H2,1-3H3. The maximum atomic E-state index is 6.20. The molecule has 2 aliphatic heterocycles. The van der Waals surface area contributed by atoms with Gasteiger partial charge in [-0.1, -0.05) is 27.2 Å². The second-order valence-electron chi connectivity index (χ2n) is 7.10. The van der Waals surface area contributed by atoms with Gasteiger partial charge in [-0.25, -0.2) is 0 Å². The monoisotopic (exact) mass is 270 g/mol. The molecule has 0 aromatic heterocycles. The van der Waals surface area contributed by atoms with Crippen LogP contribution in [0.5, 0.6) is 0 Å². The fourth-order valence-electron chi connectivity index (χ4n) is 3.79. The lowest BCUT2D eigenvalue weighted by Gasteiger charge is -2.52. The van der Waals surface area contributed by atoms with Gasteiger partial charge >= 0.3 is 0 Å². The molecule has 2 nitrogen and oxygen atoms in total. The van der Waals surface area contributed by atoms with Crippen molar-refractivity contribution in [2.45, 2.75) is 52.0 Å². The molecule has 0 amide bonds. The van der Waals surface area contributed by atoms with E-state index in [1.807, 2.05) is 0 Å². The second-order valence-corrected chi connectivity index (χ2v) is 8.09. The predicted molar refractivity (Wildman–Crippen MR) is 82.1 cm³/mol. The van der Waals surface area contributed by atoms with Crippen LogP contribution in [0.4, 0.5) is 0 Å². The van der Waals surface area contributed by atoms with Crippen molar-refractivity contribution in [2.75, 3.05) is 31.1 Å². The molecule has 1 atom stereocenters. The van der Waals surface area contributed by atoms with Crippen LogP contribution in [-0.2, 0) is 0 Å². The quantitative estimate of drug-likeness (QED) is 0.855. The number of likely N-dealkylation sites (tertiary alicyclic amines) is 1. The number of piperidine rings is 1. The van der Waals surface area contributed by atoms with Crippen LogP contribution in [0.15, 0.2) is 0 Å². The topological polar surface area (TPSA) is 29.3 Å². The Morgan fingerprint density at radius 1 is 1.22 bits per heavy atom. The summed E-state index contributed by atoms with van der Waals surface area (Å²) in [6.45, 7) is 10.5. The molecule has 0 aliphatic carbocycles. The maximum Gasteiger partial charge on any atom is 0.0427 e. The Labute approximate surface area is 117 Å². The van der Waals surface area contributed by atoms with E-state index in [-0.39, 0.29) is 5.54 Å². The first kappa shape index (κ1) is 14.7. The summed E-state index contributed by atoms with van der Waals surface area (Å²) in [6, 6.07) is 0. The van der Waals surface area contributed by atoms with Gasteiger partial charge in [-0.15, -0.1) is 0 Å². The highest BCUT2D eigenvalue weighted by atomic mass is 32.2. The van der Waals surface area contributed by atoms with E-state index in [0.717, 1.165) is 12.5 Å². The molecule has 0 saturated carbocycles. The van der Waals surface area contributed by atoms with Crippen molar-refractivity contribution in [3.8, 4) is 0 Å². The lowest BCUT2D eigenvalue weighted by Crippen LogP contribution is -2.61. The van der Waals surface area contributed by atoms with Gasteiger partial charge in [0.2, 0.25) is 0 Å². The molecule has 18 heavy (non-hydrogen) atoms. The SMILES string of the molecule is CCC1CCN(C2(CN)CSCC(C)(C)C2)CC1. The Bertz CT molecular complexity index is 272. The first-order valence-electron chi connectivity index (χ1n) is 7.54. The van der Waals surface area contributed by atoms with Crippen molar-refractivity contribution < 1.29 is 0 Å². The van der Waals surface area contributed by atoms with Gasteiger partial charge in [0.25, 0.3) is 0 Å².